The molecule has 1 aromatic heterocycles. The van der Waals surface area contributed by atoms with Gasteiger partial charge in [-0.25, -0.2) is 8.42 Å². The molecule has 0 saturated carbocycles. The van der Waals surface area contributed by atoms with Crippen LogP contribution in [0.25, 0.3) is 21.8 Å². The van der Waals surface area contributed by atoms with Crippen molar-refractivity contribution >= 4 is 43.4 Å². The van der Waals surface area contributed by atoms with Crippen LogP contribution in [0.3, 0.4) is 0 Å². The molecular formula is C25H27N3O4S. The summed E-state index contributed by atoms with van der Waals surface area (Å²) in [7, 11) is -2.50. The van der Waals surface area contributed by atoms with Crippen molar-refractivity contribution in [2.24, 2.45) is 0 Å². The van der Waals surface area contributed by atoms with Gasteiger partial charge in [-0.2, -0.15) is 0 Å². The van der Waals surface area contributed by atoms with E-state index in [9.17, 15) is 13.2 Å². The molecular weight excluding hydrogens is 438 g/mol. The largest absolute Gasteiger partial charge is 0.496 e. The Bertz CT molecular complexity index is 1460. The summed E-state index contributed by atoms with van der Waals surface area (Å²) in [6.45, 7) is 6.55. The van der Waals surface area contributed by atoms with Crippen LogP contribution in [0.5, 0.6) is 5.75 Å². The number of benzene rings is 3. The lowest BCUT2D eigenvalue weighted by Crippen LogP contribution is -2.30. The van der Waals surface area contributed by atoms with E-state index in [1.807, 2.05) is 44.2 Å². The number of para-hydroxylation sites is 1. The number of carbonyl (C=O) groups excluding carboxylic acids is 1. The van der Waals surface area contributed by atoms with Gasteiger partial charge in [-0.3, -0.25) is 9.52 Å². The van der Waals surface area contributed by atoms with Crippen molar-refractivity contribution in [3.8, 4) is 5.75 Å². The van der Waals surface area contributed by atoms with Crippen molar-refractivity contribution < 1.29 is 17.9 Å². The van der Waals surface area contributed by atoms with E-state index < -0.39 is 15.9 Å². The lowest BCUT2D eigenvalue weighted by atomic mass is 10.1. The van der Waals surface area contributed by atoms with E-state index in [4.69, 9.17) is 4.74 Å². The summed E-state index contributed by atoms with van der Waals surface area (Å²) >= 11 is 0. The number of ether oxygens (including phenoxy) is 1. The van der Waals surface area contributed by atoms with Gasteiger partial charge in [-0.1, -0.05) is 18.2 Å². The van der Waals surface area contributed by atoms with Crippen LogP contribution < -0.4 is 14.8 Å². The maximum absolute atomic E-state index is 13.2. The van der Waals surface area contributed by atoms with Crippen LogP contribution in [-0.4, -0.2) is 32.0 Å². The highest BCUT2D eigenvalue weighted by Crippen LogP contribution is 2.32. The Morgan fingerprint density at radius 1 is 1.00 bits per heavy atom. The Kier molecular flexibility index (Phi) is 6.03. The molecule has 0 saturated heterocycles. The number of anilines is 1. The Labute approximate surface area is 193 Å². The van der Waals surface area contributed by atoms with Crippen LogP contribution in [0.15, 0.2) is 65.6 Å². The first-order chi connectivity index (χ1) is 15.7. The summed E-state index contributed by atoms with van der Waals surface area (Å²) in [5.74, 6) is -0.0893. The fourth-order valence-corrected chi connectivity index (χ4v) is 5.12. The average molecular weight is 466 g/mol. The quantitative estimate of drug-likeness (QED) is 0.412. The standard InChI is InChI=1S/C25H27N3O4S/c1-5-28-22-9-7-6-8-19(22)20-14-17(10-12-23(20)28)27-33(30,31)18-11-13-24(32-4)21(15-18)25(29)26-16(2)3/h6-16,27H,5H2,1-4H3,(H,26,29). The molecule has 1 amide bonds. The molecule has 2 N–H and O–H groups in total. The van der Waals surface area contributed by atoms with Crippen molar-refractivity contribution in [3.05, 3.63) is 66.2 Å². The van der Waals surface area contributed by atoms with Crippen molar-refractivity contribution in [3.63, 3.8) is 0 Å². The fraction of sp³-hybridized carbons (Fsp3) is 0.240. The second kappa shape index (κ2) is 8.78. The molecule has 0 spiro atoms. The van der Waals surface area contributed by atoms with Gasteiger partial charge in [0.25, 0.3) is 15.9 Å². The number of nitrogens with zero attached hydrogens (tertiary/aromatic N) is 1. The van der Waals surface area contributed by atoms with Crippen LogP contribution in [0.2, 0.25) is 0 Å². The Balaban J connectivity index is 1.73. The monoisotopic (exact) mass is 465 g/mol. The molecule has 4 aromatic rings. The van der Waals surface area contributed by atoms with Gasteiger partial charge in [0, 0.05) is 40.1 Å². The summed E-state index contributed by atoms with van der Waals surface area (Å²) in [6.07, 6.45) is 0. The third-order valence-corrected chi connectivity index (χ3v) is 6.87. The first kappa shape index (κ1) is 22.7. The minimum Gasteiger partial charge on any atom is -0.496 e. The van der Waals surface area contributed by atoms with E-state index in [1.165, 1.54) is 25.3 Å². The van der Waals surface area contributed by atoms with Gasteiger partial charge in [-0.15, -0.1) is 0 Å². The van der Waals surface area contributed by atoms with E-state index in [2.05, 4.69) is 27.6 Å². The lowest BCUT2D eigenvalue weighted by molar-refractivity contribution is 0.0940. The number of hydrogen-bond acceptors (Lipinski definition) is 4. The Hall–Kier alpha value is -3.52. The van der Waals surface area contributed by atoms with Crippen molar-refractivity contribution in [1.29, 1.82) is 0 Å². The first-order valence-corrected chi connectivity index (χ1v) is 12.3. The summed E-state index contributed by atoms with van der Waals surface area (Å²) in [6, 6.07) is 17.7. The zero-order chi connectivity index (χ0) is 23.8. The fourth-order valence-electron chi connectivity index (χ4n) is 4.04. The minimum absolute atomic E-state index is 0.0201. The Morgan fingerprint density at radius 3 is 2.42 bits per heavy atom. The summed E-state index contributed by atoms with van der Waals surface area (Å²) in [4.78, 5) is 12.5. The van der Waals surface area contributed by atoms with Gasteiger partial charge in [0.05, 0.1) is 17.6 Å². The number of amides is 1. The number of fused-ring (bicyclic) bond motifs is 3. The van der Waals surface area contributed by atoms with E-state index in [-0.39, 0.29) is 16.5 Å². The molecule has 3 aromatic carbocycles. The van der Waals surface area contributed by atoms with Crippen molar-refractivity contribution in [2.45, 2.75) is 38.3 Å². The number of aromatic nitrogens is 1. The highest BCUT2D eigenvalue weighted by atomic mass is 32.2. The van der Waals surface area contributed by atoms with Gasteiger partial charge in [-0.05, 0) is 63.2 Å². The molecule has 172 valence electrons. The molecule has 0 atom stereocenters. The molecule has 0 aliphatic heterocycles. The number of sulfonamides is 1. The molecule has 4 rings (SSSR count). The van der Waals surface area contributed by atoms with Crippen LogP contribution in [0.1, 0.15) is 31.1 Å². The summed E-state index contributed by atoms with van der Waals surface area (Å²) in [5.41, 5.74) is 2.76. The Morgan fingerprint density at radius 2 is 1.73 bits per heavy atom. The topological polar surface area (TPSA) is 89.4 Å². The predicted octanol–water partition coefficient (Wildman–Crippen LogP) is 4.76. The lowest BCUT2D eigenvalue weighted by Gasteiger charge is -2.14. The first-order valence-electron chi connectivity index (χ1n) is 10.8. The second-order valence-corrected chi connectivity index (χ2v) is 9.77. The van der Waals surface area contributed by atoms with Crippen LogP contribution in [0, 0.1) is 0 Å². The molecule has 7 nitrogen and oxygen atoms in total. The van der Waals surface area contributed by atoms with E-state index in [1.54, 1.807) is 6.07 Å². The maximum Gasteiger partial charge on any atom is 0.261 e. The van der Waals surface area contributed by atoms with E-state index >= 15 is 0 Å². The zero-order valence-corrected chi connectivity index (χ0v) is 19.9. The van der Waals surface area contributed by atoms with Gasteiger partial charge < -0.3 is 14.6 Å². The number of nitrogens with one attached hydrogen (secondary N) is 2. The molecule has 0 aliphatic rings. The van der Waals surface area contributed by atoms with Crippen molar-refractivity contribution in [2.75, 3.05) is 11.8 Å². The number of hydrogen-bond donors (Lipinski definition) is 2. The van der Waals surface area contributed by atoms with Crippen LogP contribution >= 0.6 is 0 Å². The molecule has 1 heterocycles. The van der Waals surface area contributed by atoms with Crippen molar-refractivity contribution in [1.82, 2.24) is 9.88 Å². The number of methoxy groups -OCH3 is 1. The zero-order valence-electron chi connectivity index (χ0n) is 19.0. The van der Waals surface area contributed by atoms with Gasteiger partial charge >= 0.3 is 0 Å². The molecule has 33 heavy (non-hydrogen) atoms. The summed E-state index contributed by atoms with van der Waals surface area (Å²) < 4.78 is 36.5. The van der Waals surface area contributed by atoms with Gasteiger partial charge in [0.1, 0.15) is 5.75 Å². The van der Waals surface area contributed by atoms with Crippen LogP contribution in [0.4, 0.5) is 5.69 Å². The predicted molar refractivity (Wildman–Crippen MR) is 132 cm³/mol. The highest BCUT2D eigenvalue weighted by Gasteiger charge is 2.21. The third kappa shape index (κ3) is 4.26. The van der Waals surface area contributed by atoms with Gasteiger partial charge in [0.15, 0.2) is 0 Å². The molecule has 0 unspecified atom stereocenters. The normalized spacial score (nSPS) is 11.8. The maximum atomic E-state index is 13.2. The number of rotatable bonds is 7. The smallest absolute Gasteiger partial charge is 0.261 e. The molecule has 0 radical (unpaired) electrons. The number of aryl methyl sites for hydroxylation is 1. The minimum atomic E-state index is -3.94. The molecule has 8 heteroatoms. The van der Waals surface area contributed by atoms with E-state index in [0.29, 0.717) is 11.4 Å². The van der Waals surface area contributed by atoms with E-state index in [0.717, 1.165) is 28.4 Å². The average Bonchev–Trinajstić information content (AvgIpc) is 3.11. The molecule has 0 fully saturated rings. The van der Waals surface area contributed by atoms with Gasteiger partial charge in [0.2, 0.25) is 0 Å². The third-order valence-electron chi connectivity index (χ3n) is 5.49. The highest BCUT2D eigenvalue weighted by molar-refractivity contribution is 7.92. The second-order valence-electron chi connectivity index (χ2n) is 8.09. The summed E-state index contributed by atoms with van der Waals surface area (Å²) in [5, 5.41) is 4.80. The SMILES string of the molecule is CCn1c2ccccc2c2cc(NS(=O)(=O)c3ccc(OC)c(C(=O)NC(C)C)c3)ccc21. The number of carbonyl (C=O) groups is 1. The van der Waals surface area contributed by atoms with Crippen LogP contribution in [-0.2, 0) is 16.6 Å². The molecule has 0 aliphatic carbocycles. The molecule has 0 bridgehead atoms.